The number of aliphatic hydroxyl groups excluding tert-OH is 2. The van der Waals surface area contributed by atoms with E-state index in [0.29, 0.717) is 0 Å². The second-order valence-electron chi connectivity index (χ2n) is 1.92. The highest BCUT2D eigenvalue weighted by molar-refractivity contribution is 5.93. The molecule has 0 aliphatic rings. The smallest absolute Gasteiger partial charge is 0.159 e. The van der Waals surface area contributed by atoms with Crippen molar-refractivity contribution in [1.82, 2.24) is 0 Å². The van der Waals surface area contributed by atoms with Crippen LogP contribution in [0.3, 0.4) is 0 Å². The first kappa shape index (κ1) is 14.3. The van der Waals surface area contributed by atoms with E-state index in [1.165, 1.54) is 0 Å². The molecule has 74 valence electrons. The number of hydrogen-bond acceptors (Lipinski definition) is 3. The minimum atomic E-state index is 0.121. The molecule has 3 heteroatoms. The number of aliphatic hydroxyl groups is 2. The van der Waals surface area contributed by atoms with Crippen LogP contribution in [0.25, 0.3) is 0 Å². The van der Waals surface area contributed by atoms with E-state index in [1.54, 1.807) is 6.92 Å². The Balaban J connectivity index is 0. The van der Waals surface area contributed by atoms with Crippen molar-refractivity contribution in [3.05, 3.63) is 35.9 Å². The van der Waals surface area contributed by atoms with Crippen LogP contribution < -0.4 is 0 Å². The molecule has 0 saturated heterocycles. The highest BCUT2D eigenvalue weighted by Crippen LogP contribution is 1.97. The van der Waals surface area contributed by atoms with Crippen molar-refractivity contribution in [2.24, 2.45) is 0 Å². The van der Waals surface area contributed by atoms with Crippen LogP contribution in [0.2, 0.25) is 0 Å². The average molecular weight is 184 g/mol. The first-order valence-electron chi connectivity index (χ1n) is 3.76. The summed E-state index contributed by atoms with van der Waals surface area (Å²) in [6, 6.07) is 9.23. The zero-order chi connectivity index (χ0) is 10.7. The fraction of sp³-hybridized carbons (Fsp3) is 0.300. The first-order valence-corrected chi connectivity index (χ1v) is 3.76. The van der Waals surface area contributed by atoms with Gasteiger partial charge < -0.3 is 10.2 Å². The molecule has 0 atom stereocenters. The summed E-state index contributed by atoms with van der Waals surface area (Å²) in [5.74, 6) is 0.121. The van der Waals surface area contributed by atoms with E-state index in [0.717, 1.165) is 19.8 Å². The van der Waals surface area contributed by atoms with Crippen molar-refractivity contribution in [3.8, 4) is 0 Å². The number of carbonyl (C=O) groups excluding carboxylic acids is 1. The van der Waals surface area contributed by atoms with E-state index >= 15 is 0 Å². The Hall–Kier alpha value is -1.19. The summed E-state index contributed by atoms with van der Waals surface area (Å²) < 4.78 is 0. The van der Waals surface area contributed by atoms with Gasteiger partial charge in [0.1, 0.15) is 0 Å². The number of carbonyl (C=O) groups is 1. The number of rotatable bonds is 1. The fourth-order valence-corrected chi connectivity index (χ4v) is 0.673. The Morgan fingerprint density at radius 2 is 1.38 bits per heavy atom. The lowest BCUT2D eigenvalue weighted by Gasteiger charge is -1.89. The zero-order valence-electron chi connectivity index (χ0n) is 8.19. The van der Waals surface area contributed by atoms with Crippen LogP contribution in [0.5, 0.6) is 0 Å². The number of benzene rings is 1. The normalized spacial score (nSPS) is 7.15. The largest absolute Gasteiger partial charge is 0.400 e. The maximum absolute atomic E-state index is 10.6. The summed E-state index contributed by atoms with van der Waals surface area (Å²) in [5.41, 5.74) is 0.775. The molecule has 0 aliphatic heterocycles. The lowest BCUT2D eigenvalue weighted by molar-refractivity contribution is 0.101. The molecular formula is C10H16O3. The molecule has 2 N–H and O–H groups in total. The van der Waals surface area contributed by atoms with Gasteiger partial charge >= 0.3 is 0 Å². The third-order valence-corrected chi connectivity index (χ3v) is 1.18. The molecule has 0 fully saturated rings. The highest BCUT2D eigenvalue weighted by atomic mass is 16.2. The van der Waals surface area contributed by atoms with Crippen LogP contribution in [-0.4, -0.2) is 30.2 Å². The van der Waals surface area contributed by atoms with Gasteiger partial charge in [-0.1, -0.05) is 30.3 Å². The molecule has 0 amide bonds. The third kappa shape index (κ3) is 7.18. The van der Waals surface area contributed by atoms with Crippen LogP contribution in [0.1, 0.15) is 17.3 Å². The van der Waals surface area contributed by atoms with Gasteiger partial charge in [0.05, 0.1) is 0 Å². The minimum Gasteiger partial charge on any atom is -0.400 e. The molecule has 0 bridgehead atoms. The van der Waals surface area contributed by atoms with Crippen LogP contribution in [0.15, 0.2) is 30.3 Å². The van der Waals surface area contributed by atoms with E-state index < -0.39 is 0 Å². The van der Waals surface area contributed by atoms with Gasteiger partial charge in [-0.25, -0.2) is 0 Å². The Labute approximate surface area is 78.7 Å². The van der Waals surface area contributed by atoms with Gasteiger partial charge in [0.15, 0.2) is 5.78 Å². The first-order chi connectivity index (χ1) is 6.30. The number of ketones is 1. The van der Waals surface area contributed by atoms with E-state index in [2.05, 4.69) is 0 Å². The van der Waals surface area contributed by atoms with Gasteiger partial charge in [-0.15, -0.1) is 0 Å². The van der Waals surface area contributed by atoms with Gasteiger partial charge in [0, 0.05) is 19.8 Å². The molecule has 0 radical (unpaired) electrons. The molecule has 0 spiro atoms. The van der Waals surface area contributed by atoms with Gasteiger partial charge in [-0.3, -0.25) is 4.79 Å². The van der Waals surface area contributed by atoms with Crippen molar-refractivity contribution in [2.45, 2.75) is 6.92 Å². The summed E-state index contributed by atoms with van der Waals surface area (Å²) in [6.07, 6.45) is 0. The summed E-state index contributed by atoms with van der Waals surface area (Å²) in [6.45, 7) is 1.56. The quantitative estimate of drug-likeness (QED) is 0.643. The third-order valence-electron chi connectivity index (χ3n) is 1.18. The fourth-order valence-electron chi connectivity index (χ4n) is 0.673. The lowest BCUT2D eigenvalue weighted by Crippen LogP contribution is -1.88. The molecule has 1 aromatic carbocycles. The molecule has 13 heavy (non-hydrogen) atoms. The van der Waals surface area contributed by atoms with Gasteiger partial charge in [0.2, 0.25) is 0 Å². The molecule has 3 nitrogen and oxygen atoms in total. The minimum absolute atomic E-state index is 0.121. The van der Waals surface area contributed by atoms with E-state index in [1.807, 2.05) is 30.3 Å². The molecule has 0 heterocycles. The monoisotopic (exact) mass is 184 g/mol. The summed E-state index contributed by atoms with van der Waals surface area (Å²) in [5, 5.41) is 14.0. The van der Waals surface area contributed by atoms with Crippen molar-refractivity contribution in [3.63, 3.8) is 0 Å². The molecule has 0 aliphatic carbocycles. The standard InChI is InChI=1S/C8H8O.2CH4O/c1-7(9)8-5-3-2-4-6-8;2*1-2/h2-6H,1H3;2*2H,1H3. The van der Waals surface area contributed by atoms with Crippen LogP contribution in [-0.2, 0) is 0 Å². The molecule has 0 unspecified atom stereocenters. The maximum Gasteiger partial charge on any atom is 0.159 e. The number of Topliss-reactive ketones (excluding diaryl/α,β-unsaturated/α-hetero) is 1. The van der Waals surface area contributed by atoms with Crippen molar-refractivity contribution >= 4 is 5.78 Å². The molecular weight excluding hydrogens is 168 g/mol. The molecule has 1 rings (SSSR count). The van der Waals surface area contributed by atoms with E-state index in [-0.39, 0.29) is 5.78 Å². The summed E-state index contributed by atoms with van der Waals surface area (Å²) >= 11 is 0. The lowest BCUT2D eigenvalue weighted by atomic mass is 10.2. The second-order valence-corrected chi connectivity index (χ2v) is 1.92. The second kappa shape index (κ2) is 10.8. The van der Waals surface area contributed by atoms with Crippen molar-refractivity contribution < 1.29 is 15.0 Å². The van der Waals surface area contributed by atoms with E-state index in [4.69, 9.17) is 10.2 Å². The number of hydrogen-bond donors (Lipinski definition) is 2. The predicted molar refractivity (Wildman–Crippen MR) is 52.7 cm³/mol. The summed E-state index contributed by atoms with van der Waals surface area (Å²) in [7, 11) is 2.00. The summed E-state index contributed by atoms with van der Waals surface area (Å²) in [4.78, 5) is 10.6. The van der Waals surface area contributed by atoms with Crippen molar-refractivity contribution in [1.29, 1.82) is 0 Å². The average Bonchev–Trinajstić information content (AvgIpc) is 2.25. The van der Waals surface area contributed by atoms with Crippen LogP contribution in [0.4, 0.5) is 0 Å². The molecule has 1 aromatic rings. The maximum atomic E-state index is 10.6. The van der Waals surface area contributed by atoms with Gasteiger partial charge in [-0.2, -0.15) is 0 Å². The van der Waals surface area contributed by atoms with Crippen molar-refractivity contribution in [2.75, 3.05) is 14.2 Å². The van der Waals surface area contributed by atoms with Gasteiger partial charge in [0.25, 0.3) is 0 Å². The Morgan fingerprint density at radius 1 is 1.00 bits per heavy atom. The highest BCUT2D eigenvalue weighted by Gasteiger charge is 1.92. The Morgan fingerprint density at radius 3 is 1.62 bits per heavy atom. The zero-order valence-corrected chi connectivity index (χ0v) is 8.19. The van der Waals surface area contributed by atoms with Crippen LogP contribution >= 0.6 is 0 Å². The topological polar surface area (TPSA) is 57.5 Å². The van der Waals surface area contributed by atoms with Gasteiger partial charge in [-0.05, 0) is 6.92 Å². The predicted octanol–water partition coefficient (Wildman–Crippen LogP) is 1.11. The SMILES string of the molecule is CC(=O)c1ccccc1.CO.CO. The molecule has 0 saturated carbocycles. The Kier molecular flexibility index (Phi) is 11.9. The Bertz CT molecular complexity index is 207. The van der Waals surface area contributed by atoms with Crippen LogP contribution in [0, 0.1) is 0 Å². The molecule has 0 aromatic heterocycles. The van der Waals surface area contributed by atoms with E-state index in [9.17, 15) is 4.79 Å².